The summed E-state index contributed by atoms with van der Waals surface area (Å²) in [5.41, 5.74) is 1.08. The average molecular weight is 187 g/mol. The van der Waals surface area contributed by atoms with Gasteiger partial charge < -0.3 is 5.32 Å². The van der Waals surface area contributed by atoms with Crippen LogP contribution >= 0.6 is 0 Å². The average Bonchev–Trinajstić information content (AvgIpc) is 2.18. The molecular formula is C13H17N. The highest BCUT2D eigenvalue weighted by Crippen LogP contribution is 1.94. The van der Waals surface area contributed by atoms with Gasteiger partial charge in [-0.25, -0.2) is 0 Å². The van der Waals surface area contributed by atoms with Crippen molar-refractivity contribution in [2.75, 3.05) is 13.1 Å². The summed E-state index contributed by atoms with van der Waals surface area (Å²) in [5.74, 6) is 6.89. The molecule has 1 aromatic carbocycles. The molecule has 0 saturated carbocycles. The Morgan fingerprint density at radius 1 is 1.21 bits per heavy atom. The number of nitrogens with one attached hydrogen (secondary N) is 1. The van der Waals surface area contributed by atoms with Crippen LogP contribution in [0.25, 0.3) is 0 Å². The van der Waals surface area contributed by atoms with Gasteiger partial charge in [-0.15, -0.1) is 0 Å². The molecule has 0 unspecified atom stereocenters. The van der Waals surface area contributed by atoms with E-state index in [0.717, 1.165) is 18.7 Å². The Labute approximate surface area is 86.5 Å². The van der Waals surface area contributed by atoms with Crippen LogP contribution < -0.4 is 5.32 Å². The van der Waals surface area contributed by atoms with E-state index in [1.807, 2.05) is 30.3 Å². The predicted molar refractivity (Wildman–Crippen MR) is 61.0 cm³/mol. The van der Waals surface area contributed by atoms with Gasteiger partial charge in [-0.2, -0.15) is 0 Å². The second kappa shape index (κ2) is 6.23. The number of benzene rings is 1. The summed E-state index contributed by atoms with van der Waals surface area (Å²) in [4.78, 5) is 0. The molecule has 1 heteroatoms. The van der Waals surface area contributed by atoms with Crippen LogP contribution in [0.3, 0.4) is 0 Å². The summed E-state index contributed by atoms with van der Waals surface area (Å²) in [6.45, 7) is 6.19. The van der Waals surface area contributed by atoms with Crippen molar-refractivity contribution < 1.29 is 0 Å². The normalized spacial score (nSPS) is 9.64. The van der Waals surface area contributed by atoms with Crippen LogP contribution in [0.2, 0.25) is 0 Å². The fourth-order valence-electron chi connectivity index (χ4n) is 1.09. The lowest BCUT2D eigenvalue weighted by atomic mass is 10.2. The van der Waals surface area contributed by atoms with E-state index >= 15 is 0 Å². The highest BCUT2D eigenvalue weighted by molar-refractivity contribution is 5.33. The highest BCUT2D eigenvalue weighted by atomic mass is 14.8. The van der Waals surface area contributed by atoms with Gasteiger partial charge in [0.2, 0.25) is 0 Å². The van der Waals surface area contributed by atoms with Crippen LogP contribution in [-0.2, 0) is 0 Å². The Bertz CT molecular complexity index is 303. The molecule has 0 aromatic heterocycles. The molecule has 1 rings (SSSR count). The molecule has 0 saturated heterocycles. The highest BCUT2D eigenvalue weighted by Gasteiger charge is 1.89. The van der Waals surface area contributed by atoms with E-state index in [1.54, 1.807) is 0 Å². The molecule has 0 aliphatic carbocycles. The van der Waals surface area contributed by atoms with Crippen LogP contribution in [0.4, 0.5) is 0 Å². The fraction of sp³-hybridized carbons (Fsp3) is 0.385. The molecule has 1 N–H and O–H groups in total. The van der Waals surface area contributed by atoms with Crippen LogP contribution in [0.15, 0.2) is 30.3 Å². The zero-order valence-electron chi connectivity index (χ0n) is 8.88. The fourth-order valence-corrected chi connectivity index (χ4v) is 1.09. The molecule has 1 nitrogen and oxygen atoms in total. The molecule has 0 aliphatic heterocycles. The van der Waals surface area contributed by atoms with Gasteiger partial charge in [-0.1, -0.05) is 43.9 Å². The van der Waals surface area contributed by atoms with Gasteiger partial charge in [0, 0.05) is 5.56 Å². The van der Waals surface area contributed by atoms with E-state index in [-0.39, 0.29) is 0 Å². The Morgan fingerprint density at radius 3 is 2.57 bits per heavy atom. The van der Waals surface area contributed by atoms with Crippen molar-refractivity contribution in [1.82, 2.24) is 5.32 Å². The van der Waals surface area contributed by atoms with E-state index in [0.29, 0.717) is 5.92 Å². The van der Waals surface area contributed by atoms with Crippen molar-refractivity contribution in [3.63, 3.8) is 0 Å². The smallest absolute Gasteiger partial charge is 0.0580 e. The van der Waals surface area contributed by atoms with Gasteiger partial charge in [0.25, 0.3) is 0 Å². The summed E-state index contributed by atoms with van der Waals surface area (Å²) in [7, 11) is 0. The minimum Gasteiger partial charge on any atom is -0.306 e. The maximum atomic E-state index is 3.28. The molecule has 0 atom stereocenters. The second-order valence-electron chi connectivity index (χ2n) is 3.69. The molecule has 74 valence electrons. The first-order chi connectivity index (χ1) is 6.79. The van der Waals surface area contributed by atoms with Crippen molar-refractivity contribution in [2.45, 2.75) is 13.8 Å². The van der Waals surface area contributed by atoms with E-state index in [9.17, 15) is 0 Å². The van der Waals surface area contributed by atoms with Gasteiger partial charge in [-0.05, 0) is 24.6 Å². The Kier molecular flexibility index (Phi) is 4.82. The molecule has 0 bridgehead atoms. The molecule has 14 heavy (non-hydrogen) atoms. The number of hydrogen-bond donors (Lipinski definition) is 1. The minimum atomic E-state index is 0.688. The van der Waals surface area contributed by atoms with Gasteiger partial charge >= 0.3 is 0 Å². The third kappa shape index (κ3) is 4.69. The molecule has 0 fully saturated rings. The third-order valence-electron chi connectivity index (χ3n) is 1.77. The molecule has 0 amide bonds. The zero-order valence-corrected chi connectivity index (χ0v) is 8.88. The van der Waals surface area contributed by atoms with E-state index < -0.39 is 0 Å². The maximum Gasteiger partial charge on any atom is 0.0580 e. The quantitative estimate of drug-likeness (QED) is 0.565. The third-order valence-corrected chi connectivity index (χ3v) is 1.77. The standard InChI is InChI=1S/C13H17N/c1-12(2)11-14-10-6-9-13-7-4-3-5-8-13/h3-5,7-8,12,14H,10-11H2,1-2H3. The SMILES string of the molecule is CC(C)CNCC#Cc1ccccc1. The molecule has 1 aromatic rings. The van der Waals surface area contributed by atoms with Crippen LogP contribution in [0.1, 0.15) is 19.4 Å². The summed E-state index contributed by atoms with van der Waals surface area (Å²) >= 11 is 0. The largest absolute Gasteiger partial charge is 0.306 e. The van der Waals surface area contributed by atoms with Crippen LogP contribution in [0.5, 0.6) is 0 Å². The first-order valence-electron chi connectivity index (χ1n) is 5.03. The summed E-state index contributed by atoms with van der Waals surface area (Å²) in [5, 5.41) is 3.28. The predicted octanol–water partition coefficient (Wildman–Crippen LogP) is 2.28. The lowest BCUT2D eigenvalue weighted by Gasteiger charge is -2.02. The first-order valence-corrected chi connectivity index (χ1v) is 5.03. The number of hydrogen-bond acceptors (Lipinski definition) is 1. The topological polar surface area (TPSA) is 12.0 Å². The Morgan fingerprint density at radius 2 is 1.93 bits per heavy atom. The molecule has 0 spiro atoms. The van der Waals surface area contributed by atoms with Gasteiger partial charge in [0.05, 0.1) is 6.54 Å². The molecular weight excluding hydrogens is 170 g/mol. The van der Waals surface area contributed by atoms with Gasteiger partial charge in [0.15, 0.2) is 0 Å². The maximum absolute atomic E-state index is 3.28. The van der Waals surface area contributed by atoms with Crippen molar-refractivity contribution in [1.29, 1.82) is 0 Å². The summed E-state index contributed by atoms with van der Waals surface area (Å²) in [6, 6.07) is 10.1. The minimum absolute atomic E-state index is 0.688. The van der Waals surface area contributed by atoms with E-state index in [4.69, 9.17) is 0 Å². The Balaban J connectivity index is 2.28. The molecule has 0 aliphatic rings. The van der Waals surface area contributed by atoms with Crippen LogP contribution in [-0.4, -0.2) is 13.1 Å². The monoisotopic (exact) mass is 187 g/mol. The second-order valence-corrected chi connectivity index (χ2v) is 3.69. The Hall–Kier alpha value is -1.26. The van der Waals surface area contributed by atoms with Gasteiger partial charge in [-0.3, -0.25) is 0 Å². The van der Waals surface area contributed by atoms with Crippen molar-refractivity contribution in [3.05, 3.63) is 35.9 Å². The van der Waals surface area contributed by atoms with Crippen LogP contribution in [0, 0.1) is 17.8 Å². The van der Waals surface area contributed by atoms with E-state index in [1.165, 1.54) is 0 Å². The molecule has 0 heterocycles. The zero-order chi connectivity index (χ0) is 10.2. The number of rotatable bonds is 3. The van der Waals surface area contributed by atoms with Crippen molar-refractivity contribution in [2.24, 2.45) is 5.92 Å². The first kappa shape index (κ1) is 10.8. The van der Waals surface area contributed by atoms with Crippen molar-refractivity contribution in [3.8, 4) is 11.8 Å². The summed E-state index contributed by atoms with van der Waals surface area (Å²) < 4.78 is 0. The summed E-state index contributed by atoms with van der Waals surface area (Å²) in [6.07, 6.45) is 0. The lowest BCUT2D eigenvalue weighted by Crippen LogP contribution is -2.19. The molecule has 0 radical (unpaired) electrons. The van der Waals surface area contributed by atoms with E-state index in [2.05, 4.69) is 31.0 Å². The lowest BCUT2D eigenvalue weighted by molar-refractivity contribution is 0.580. The van der Waals surface area contributed by atoms with Gasteiger partial charge in [0.1, 0.15) is 0 Å². The van der Waals surface area contributed by atoms with Crippen molar-refractivity contribution >= 4 is 0 Å².